The summed E-state index contributed by atoms with van der Waals surface area (Å²) in [5.74, 6) is -0.636. The molecule has 0 aliphatic carbocycles. The van der Waals surface area contributed by atoms with Crippen LogP contribution in [0.25, 0.3) is 0 Å². The van der Waals surface area contributed by atoms with Crippen molar-refractivity contribution >= 4 is 12.4 Å². The number of phenols is 4. The van der Waals surface area contributed by atoms with Crippen molar-refractivity contribution in [1.82, 2.24) is 5.32 Å². The van der Waals surface area contributed by atoms with Crippen LogP contribution in [0.3, 0.4) is 0 Å². The summed E-state index contributed by atoms with van der Waals surface area (Å²) in [4.78, 5) is 0. The number of hydrogen-bond acceptors (Lipinski definition) is 5. The number of phenolic OH excluding ortho intramolecular Hbond substituents is 4. The Morgan fingerprint density at radius 1 is 0.909 bits per heavy atom. The Labute approximate surface area is 133 Å². The largest absolute Gasteiger partial charge is 0.504 e. The molecule has 6 nitrogen and oxygen atoms in total. The van der Waals surface area contributed by atoms with E-state index >= 15 is 0 Å². The zero-order chi connectivity index (χ0) is 14.3. The number of halogens is 1. The second-order valence-electron chi connectivity index (χ2n) is 4.93. The fourth-order valence-electron chi connectivity index (χ4n) is 2.66. The molecule has 0 saturated carbocycles. The maximum Gasteiger partial charge on any atom is 0.162 e. The Hall–Kier alpha value is -2.15. The van der Waals surface area contributed by atoms with Gasteiger partial charge in [0.2, 0.25) is 0 Å². The highest BCUT2D eigenvalue weighted by Gasteiger charge is 2.25. The molecule has 1 aliphatic heterocycles. The van der Waals surface area contributed by atoms with Gasteiger partial charge in [0.15, 0.2) is 23.0 Å². The molecule has 2 aromatic carbocycles. The third kappa shape index (κ3) is 2.89. The fraction of sp³-hybridized carbons (Fsp3) is 0.200. The second kappa shape index (κ2) is 6.74. The lowest BCUT2D eigenvalue weighted by Gasteiger charge is -2.27. The van der Waals surface area contributed by atoms with Gasteiger partial charge in [-0.05, 0) is 29.3 Å². The van der Waals surface area contributed by atoms with Crippen molar-refractivity contribution in [3.05, 3.63) is 47.0 Å². The van der Waals surface area contributed by atoms with E-state index in [9.17, 15) is 20.4 Å². The molecule has 2 aromatic rings. The molecule has 0 fully saturated rings. The number of nitrogens with one attached hydrogen (secondary N) is 1. The van der Waals surface area contributed by atoms with Gasteiger partial charge >= 0.3 is 0 Å². The average molecular weight is 328 g/mol. The second-order valence-corrected chi connectivity index (χ2v) is 4.93. The van der Waals surface area contributed by atoms with E-state index in [0.29, 0.717) is 18.7 Å². The van der Waals surface area contributed by atoms with Crippen LogP contribution in [0.15, 0.2) is 30.3 Å². The van der Waals surface area contributed by atoms with E-state index in [1.165, 1.54) is 18.2 Å². The monoisotopic (exact) mass is 327 g/mol. The van der Waals surface area contributed by atoms with Crippen LogP contribution >= 0.6 is 12.4 Å². The van der Waals surface area contributed by atoms with E-state index in [-0.39, 0.29) is 46.8 Å². The number of benzene rings is 2. The summed E-state index contributed by atoms with van der Waals surface area (Å²) in [6.45, 7) is 1.14. The standard InChI is InChI=1S/C15H15NO4.ClH.H2O/c17-12-3-1-8(5-14(12)19)10-6-16-7-11-9(10)2-4-13(18)15(11)20;;/h1-5,10,16-20H,6-7H2;1H;1H2/t10-;;/m0../s1. The molecule has 0 aromatic heterocycles. The van der Waals surface area contributed by atoms with Crippen LogP contribution in [0.5, 0.6) is 23.0 Å². The van der Waals surface area contributed by atoms with Crippen LogP contribution in [-0.2, 0) is 6.54 Å². The average Bonchev–Trinajstić information content (AvgIpc) is 2.45. The number of rotatable bonds is 1. The quantitative estimate of drug-likeness (QED) is 0.505. The molecule has 0 amide bonds. The molecule has 3 rings (SSSR count). The number of fused-ring (bicyclic) bond motifs is 1. The molecule has 0 unspecified atom stereocenters. The first-order valence-electron chi connectivity index (χ1n) is 6.34. The minimum absolute atomic E-state index is 0. The third-order valence-corrected chi connectivity index (χ3v) is 3.73. The van der Waals surface area contributed by atoms with Gasteiger partial charge in [0.1, 0.15) is 0 Å². The Morgan fingerprint density at radius 2 is 1.59 bits per heavy atom. The molecule has 0 saturated heterocycles. The first-order chi connectivity index (χ1) is 9.58. The Morgan fingerprint density at radius 3 is 2.27 bits per heavy atom. The topological polar surface area (TPSA) is 124 Å². The molecular weight excluding hydrogens is 310 g/mol. The molecular formula is C15H18ClNO5. The third-order valence-electron chi connectivity index (χ3n) is 3.73. The molecule has 120 valence electrons. The van der Waals surface area contributed by atoms with Crippen LogP contribution < -0.4 is 5.32 Å². The summed E-state index contributed by atoms with van der Waals surface area (Å²) in [5, 5.41) is 41.7. The van der Waals surface area contributed by atoms with Crippen LogP contribution in [-0.4, -0.2) is 32.4 Å². The molecule has 1 aliphatic rings. The first kappa shape index (κ1) is 17.9. The highest BCUT2D eigenvalue weighted by molar-refractivity contribution is 5.85. The van der Waals surface area contributed by atoms with Crippen LogP contribution in [0.2, 0.25) is 0 Å². The van der Waals surface area contributed by atoms with Crippen molar-refractivity contribution in [2.45, 2.75) is 12.5 Å². The summed E-state index contributed by atoms with van der Waals surface area (Å²) in [5.41, 5.74) is 2.40. The van der Waals surface area contributed by atoms with Gasteiger partial charge < -0.3 is 31.2 Å². The Bertz CT molecular complexity index is 677. The highest BCUT2D eigenvalue weighted by Crippen LogP contribution is 2.40. The van der Waals surface area contributed by atoms with E-state index in [2.05, 4.69) is 5.32 Å². The van der Waals surface area contributed by atoms with Crippen molar-refractivity contribution in [1.29, 1.82) is 0 Å². The van der Waals surface area contributed by atoms with Gasteiger partial charge in [0.05, 0.1) is 0 Å². The molecule has 0 spiro atoms. The van der Waals surface area contributed by atoms with Gasteiger partial charge in [0, 0.05) is 24.6 Å². The maximum atomic E-state index is 9.93. The summed E-state index contributed by atoms with van der Waals surface area (Å²) >= 11 is 0. The lowest BCUT2D eigenvalue weighted by molar-refractivity contribution is 0.392. The number of hydrogen-bond donors (Lipinski definition) is 5. The molecule has 1 heterocycles. The minimum Gasteiger partial charge on any atom is -0.504 e. The van der Waals surface area contributed by atoms with Crippen molar-refractivity contribution in [2.75, 3.05) is 6.54 Å². The predicted octanol–water partition coefficient (Wildman–Crippen LogP) is 1.34. The van der Waals surface area contributed by atoms with E-state index in [4.69, 9.17) is 0 Å². The van der Waals surface area contributed by atoms with Crippen molar-refractivity contribution in [2.24, 2.45) is 0 Å². The van der Waals surface area contributed by atoms with E-state index in [0.717, 1.165) is 11.1 Å². The van der Waals surface area contributed by atoms with Crippen LogP contribution in [0.4, 0.5) is 0 Å². The van der Waals surface area contributed by atoms with E-state index in [1.807, 2.05) is 0 Å². The predicted molar refractivity (Wildman–Crippen MR) is 84.0 cm³/mol. The zero-order valence-electron chi connectivity index (χ0n) is 11.6. The summed E-state index contributed by atoms with van der Waals surface area (Å²) in [6, 6.07) is 7.94. The number of aromatic hydroxyl groups is 4. The molecule has 7 heteroatoms. The van der Waals surface area contributed by atoms with Gasteiger partial charge in [-0.25, -0.2) is 0 Å². The fourth-order valence-corrected chi connectivity index (χ4v) is 2.66. The molecule has 7 N–H and O–H groups in total. The Balaban J connectivity index is 0.00000121. The normalized spacial score (nSPS) is 16.1. The zero-order valence-corrected chi connectivity index (χ0v) is 12.4. The lowest BCUT2D eigenvalue weighted by atomic mass is 9.85. The van der Waals surface area contributed by atoms with Crippen LogP contribution in [0, 0.1) is 0 Å². The molecule has 1 atom stereocenters. The van der Waals surface area contributed by atoms with E-state index in [1.54, 1.807) is 12.1 Å². The highest BCUT2D eigenvalue weighted by atomic mass is 35.5. The minimum atomic E-state index is -0.169. The first-order valence-corrected chi connectivity index (χ1v) is 6.34. The molecule has 22 heavy (non-hydrogen) atoms. The van der Waals surface area contributed by atoms with E-state index < -0.39 is 0 Å². The van der Waals surface area contributed by atoms with Crippen molar-refractivity contribution in [3.8, 4) is 23.0 Å². The SMILES string of the molecule is Cl.O.Oc1ccc([C@@H]2CNCc3c2ccc(O)c3O)cc1O. The van der Waals surface area contributed by atoms with Crippen LogP contribution in [0.1, 0.15) is 22.6 Å². The smallest absolute Gasteiger partial charge is 0.162 e. The van der Waals surface area contributed by atoms with Gasteiger partial charge in [-0.15, -0.1) is 12.4 Å². The molecule has 0 bridgehead atoms. The van der Waals surface area contributed by atoms with Gasteiger partial charge in [-0.2, -0.15) is 0 Å². The van der Waals surface area contributed by atoms with Gasteiger partial charge in [0.25, 0.3) is 0 Å². The Kier molecular flexibility index (Phi) is 5.48. The molecule has 0 radical (unpaired) electrons. The van der Waals surface area contributed by atoms with Gasteiger partial charge in [-0.1, -0.05) is 12.1 Å². The maximum absolute atomic E-state index is 9.93. The summed E-state index contributed by atoms with van der Waals surface area (Å²) in [7, 11) is 0. The summed E-state index contributed by atoms with van der Waals surface area (Å²) in [6.07, 6.45) is 0. The lowest BCUT2D eigenvalue weighted by Crippen LogP contribution is -2.28. The summed E-state index contributed by atoms with van der Waals surface area (Å²) < 4.78 is 0. The van der Waals surface area contributed by atoms with Gasteiger partial charge in [-0.3, -0.25) is 0 Å². The van der Waals surface area contributed by atoms with Crippen molar-refractivity contribution in [3.63, 3.8) is 0 Å². The van der Waals surface area contributed by atoms with Crippen molar-refractivity contribution < 1.29 is 25.9 Å².